The molecule has 1 aliphatic heterocycles. The van der Waals surface area contributed by atoms with Crippen molar-refractivity contribution in [2.45, 2.75) is 184 Å². The lowest BCUT2D eigenvalue weighted by atomic mass is 9.98. The van der Waals surface area contributed by atoms with Gasteiger partial charge in [-0.2, -0.15) is 0 Å². The highest BCUT2D eigenvalue weighted by atomic mass is 16.7. The van der Waals surface area contributed by atoms with Gasteiger partial charge in [0.25, 0.3) is 0 Å². The molecule has 1 heterocycles. The van der Waals surface area contributed by atoms with E-state index in [1.165, 1.54) is 19.3 Å². The second-order valence-electron chi connectivity index (χ2n) is 13.7. The van der Waals surface area contributed by atoms with Gasteiger partial charge in [0.1, 0.15) is 36.6 Å². The SMILES string of the molecule is CCC/C=C/CC/C=C/CCCC(O)C(O)C(COC1OC(CO)C(O)C(O)C1O)NC(=O)C(O)CCCCCCC/C=C\C=C/CCCCC. The lowest BCUT2D eigenvalue weighted by Crippen LogP contribution is -2.60. The molecule has 1 saturated heterocycles. The first-order valence-corrected chi connectivity index (χ1v) is 19.6. The number of hydrogen-bond acceptors (Lipinski definition) is 10. The number of amides is 1. The molecule has 0 aromatic rings. The zero-order chi connectivity index (χ0) is 37.7. The summed E-state index contributed by atoms with van der Waals surface area (Å²) in [5.74, 6) is -0.729. The number of rotatable bonds is 30. The Balaban J connectivity index is 2.60. The molecular weight excluding hydrogens is 654 g/mol. The van der Waals surface area contributed by atoms with Gasteiger partial charge in [-0.25, -0.2) is 0 Å². The third-order valence-electron chi connectivity index (χ3n) is 9.09. The van der Waals surface area contributed by atoms with Crippen molar-refractivity contribution in [1.82, 2.24) is 5.32 Å². The smallest absolute Gasteiger partial charge is 0.249 e. The van der Waals surface area contributed by atoms with Crippen LogP contribution in [-0.4, -0.2) is 110 Å². The highest BCUT2D eigenvalue weighted by Gasteiger charge is 2.44. The van der Waals surface area contributed by atoms with E-state index in [0.29, 0.717) is 19.3 Å². The van der Waals surface area contributed by atoms with E-state index in [1.807, 2.05) is 6.08 Å². The van der Waals surface area contributed by atoms with Crippen molar-refractivity contribution < 1.29 is 50.0 Å². The molecule has 9 unspecified atom stereocenters. The van der Waals surface area contributed by atoms with Crippen LogP contribution in [0, 0.1) is 0 Å². The van der Waals surface area contributed by atoms with Gasteiger partial charge in [0.15, 0.2) is 6.29 Å². The zero-order valence-electron chi connectivity index (χ0n) is 31.3. The van der Waals surface area contributed by atoms with Crippen molar-refractivity contribution in [2.75, 3.05) is 13.2 Å². The van der Waals surface area contributed by atoms with E-state index in [-0.39, 0.29) is 12.8 Å². The van der Waals surface area contributed by atoms with Gasteiger partial charge in [-0.1, -0.05) is 107 Å². The molecule has 11 nitrogen and oxygen atoms in total. The van der Waals surface area contributed by atoms with Crippen molar-refractivity contribution in [1.29, 1.82) is 0 Å². The molecule has 0 saturated carbocycles. The van der Waals surface area contributed by atoms with E-state index in [9.17, 15) is 40.5 Å². The molecule has 1 aliphatic rings. The summed E-state index contributed by atoms with van der Waals surface area (Å²) in [5.41, 5.74) is 0. The zero-order valence-corrected chi connectivity index (χ0v) is 31.3. The third-order valence-corrected chi connectivity index (χ3v) is 9.09. The van der Waals surface area contributed by atoms with E-state index in [4.69, 9.17) is 9.47 Å². The number of nitrogens with one attached hydrogen (secondary N) is 1. The van der Waals surface area contributed by atoms with E-state index < -0.39 is 74.2 Å². The fourth-order valence-electron chi connectivity index (χ4n) is 5.75. The van der Waals surface area contributed by atoms with E-state index in [0.717, 1.165) is 64.2 Å². The van der Waals surface area contributed by atoms with Gasteiger partial charge in [-0.15, -0.1) is 0 Å². The molecule has 0 aliphatic carbocycles. The van der Waals surface area contributed by atoms with Crippen LogP contribution in [-0.2, 0) is 14.3 Å². The van der Waals surface area contributed by atoms with Gasteiger partial charge < -0.3 is 50.5 Å². The summed E-state index contributed by atoms with van der Waals surface area (Å²) in [6.45, 7) is 3.25. The Morgan fingerprint density at radius 2 is 1.27 bits per heavy atom. The van der Waals surface area contributed by atoms with Crippen LogP contribution in [0.2, 0.25) is 0 Å². The first kappa shape index (κ1) is 47.1. The second kappa shape index (κ2) is 30.5. The molecule has 1 amide bonds. The van der Waals surface area contributed by atoms with Gasteiger partial charge in [-0.3, -0.25) is 4.79 Å². The molecule has 11 heteroatoms. The maximum absolute atomic E-state index is 13.0. The number of carbonyl (C=O) groups excluding carboxylic acids is 1. The van der Waals surface area contributed by atoms with E-state index >= 15 is 0 Å². The summed E-state index contributed by atoms with van der Waals surface area (Å²) in [4.78, 5) is 13.0. The Hall–Kier alpha value is -1.93. The van der Waals surface area contributed by atoms with Gasteiger partial charge >= 0.3 is 0 Å². The van der Waals surface area contributed by atoms with Crippen LogP contribution < -0.4 is 5.32 Å². The predicted octanol–water partition coefficient (Wildman–Crippen LogP) is 4.66. The van der Waals surface area contributed by atoms with Gasteiger partial charge in [0.05, 0.1) is 25.4 Å². The summed E-state index contributed by atoms with van der Waals surface area (Å²) < 4.78 is 11.0. The number of carbonyl (C=O) groups is 1. The quantitative estimate of drug-likeness (QED) is 0.0294. The monoisotopic (exact) mass is 726 g/mol. The Morgan fingerprint density at radius 1 is 0.686 bits per heavy atom. The van der Waals surface area contributed by atoms with Crippen LogP contribution in [0.5, 0.6) is 0 Å². The normalized spacial score (nSPS) is 23.8. The largest absolute Gasteiger partial charge is 0.394 e. The molecule has 0 spiro atoms. The number of ether oxygens (including phenoxy) is 2. The van der Waals surface area contributed by atoms with Crippen molar-refractivity contribution in [3.8, 4) is 0 Å². The highest BCUT2D eigenvalue weighted by molar-refractivity contribution is 5.80. The van der Waals surface area contributed by atoms with Crippen LogP contribution in [0.1, 0.15) is 129 Å². The molecule has 1 rings (SSSR count). The summed E-state index contributed by atoms with van der Waals surface area (Å²) >= 11 is 0. The lowest BCUT2D eigenvalue weighted by Gasteiger charge is -2.40. The van der Waals surface area contributed by atoms with Crippen LogP contribution in [0.3, 0.4) is 0 Å². The third kappa shape index (κ3) is 21.4. The Labute approximate surface area is 307 Å². The number of unbranched alkanes of at least 4 members (excludes halogenated alkanes) is 11. The fraction of sp³-hybridized carbons (Fsp3) is 0.775. The van der Waals surface area contributed by atoms with Crippen molar-refractivity contribution >= 4 is 5.91 Å². The van der Waals surface area contributed by atoms with Crippen LogP contribution in [0.4, 0.5) is 0 Å². The van der Waals surface area contributed by atoms with Gasteiger partial charge in [-0.05, 0) is 70.6 Å². The molecule has 8 N–H and O–H groups in total. The molecule has 0 bridgehead atoms. The molecule has 9 atom stereocenters. The number of hydrogen-bond donors (Lipinski definition) is 8. The molecule has 0 aromatic heterocycles. The molecular formula is C40H71NO10. The van der Waals surface area contributed by atoms with Crippen LogP contribution >= 0.6 is 0 Å². The summed E-state index contributed by atoms with van der Waals surface area (Å²) in [6, 6.07) is -1.20. The first-order chi connectivity index (χ1) is 24.7. The first-order valence-electron chi connectivity index (χ1n) is 19.6. The van der Waals surface area contributed by atoms with Crippen molar-refractivity contribution in [3.63, 3.8) is 0 Å². The number of aliphatic hydroxyl groups is 7. The lowest BCUT2D eigenvalue weighted by molar-refractivity contribution is -0.303. The fourth-order valence-corrected chi connectivity index (χ4v) is 5.75. The Bertz CT molecular complexity index is 971. The van der Waals surface area contributed by atoms with Gasteiger partial charge in [0, 0.05) is 0 Å². The van der Waals surface area contributed by atoms with Crippen molar-refractivity contribution in [2.24, 2.45) is 0 Å². The van der Waals surface area contributed by atoms with Crippen molar-refractivity contribution in [3.05, 3.63) is 48.6 Å². The molecule has 296 valence electrons. The summed E-state index contributed by atoms with van der Waals surface area (Å²) in [5, 5.41) is 75.1. The minimum absolute atomic E-state index is 0.230. The summed E-state index contributed by atoms with van der Waals surface area (Å²) in [6.07, 6.45) is 21.8. The average molecular weight is 726 g/mol. The standard InChI is InChI=1S/C40H71NO10/c1-3-5-7-9-11-13-15-16-17-18-20-22-24-26-28-33(44)39(49)41-31(30-50-40-38(48)37(47)36(46)34(29-42)51-40)35(45)32(43)27-25-23-21-19-14-12-10-8-6-4-2/h8,10-11,13,15-16,19,21,31-38,40,42-48H,3-7,9,12,14,17-18,20,22-30H2,1-2H3,(H,41,49)/b10-8+,13-11-,16-15-,21-19+. The highest BCUT2D eigenvalue weighted by Crippen LogP contribution is 2.23. The Morgan fingerprint density at radius 3 is 1.92 bits per heavy atom. The minimum Gasteiger partial charge on any atom is -0.394 e. The molecule has 0 radical (unpaired) electrons. The average Bonchev–Trinajstić information content (AvgIpc) is 3.13. The Kier molecular flexibility index (Phi) is 28.2. The van der Waals surface area contributed by atoms with E-state index in [1.54, 1.807) is 0 Å². The number of allylic oxidation sites excluding steroid dienone is 8. The van der Waals surface area contributed by atoms with Crippen LogP contribution in [0.15, 0.2) is 48.6 Å². The number of aliphatic hydroxyl groups excluding tert-OH is 7. The molecule has 51 heavy (non-hydrogen) atoms. The molecule has 1 fully saturated rings. The van der Waals surface area contributed by atoms with E-state index in [2.05, 4.69) is 61.7 Å². The predicted molar refractivity (Wildman–Crippen MR) is 201 cm³/mol. The van der Waals surface area contributed by atoms with Gasteiger partial charge in [0.2, 0.25) is 5.91 Å². The maximum Gasteiger partial charge on any atom is 0.249 e. The maximum atomic E-state index is 13.0. The topological polar surface area (TPSA) is 189 Å². The minimum atomic E-state index is -1.67. The van der Waals surface area contributed by atoms with Crippen LogP contribution in [0.25, 0.3) is 0 Å². The molecule has 0 aromatic carbocycles. The summed E-state index contributed by atoms with van der Waals surface area (Å²) in [7, 11) is 0. The second-order valence-corrected chi connectivity index (χ2v) is 13.7.